The van der Waals surface area contributed by atoms with E-state index in [-0.39, 0.29) is 18.9 Å². The average molecular weight is 474 g/mol. The minimum Gasteiger partial charge on any atom is -0.458 e. The number of esters is 1. The molecule has 1 N–H and O–H groups in total. The zero-order valence-corrected chi connectivity index (χ0v) is 20.1. The number of nitrogens with zero attached hydrogens (tertiary/aromatic N) is 2. The Kier molecular flexibility index (Phi) is 7.33. The van der Waals surface area contributed by atoms with Crippen LogP contribution in [0.3, 0.4) is 0 Å². The molecule has 1 unspecified atom stereocenters. The van der Waals surface area contributed by atoms with E-state index >= 15 is 0 Å². The number of aliphatic imine (C=N–C) groups is 1. The molecule has 2 heterocycles. The molecule has 0 aliphatic carbocycles. The van der Waals surface area contributed by atoms with Gasteiger partial charge in [-0.3, -0.25) is 4.79 Å². The minimum atomic E-state index is -0.436. The number of carbonyl (C=O) groups excluding carboxylic acids is 2. The van der Waals surface area contributed by atoms with Crippen LogP contribution in [-0.2, 0) is 20.9 Å². The Hall–Kier alpha value is -3.58. The number of thioether (sulfide) groups is 1. The van der Waals surface area contributed by atoms with Gasteiger partial charge in [-0.1, -0.05) is 84.6 Å². The van der Waals surface area contributed by atoms with Crippen LogP contribution < -0.4 is 5.32 Å². The van der Waals surface area contributed by atoms with Crippen molar-refractivity contribution in [1.82, 2.24) is 10.2 Å². The van der Waals surface area contributed by atoms with Gasteiger partial charge in [0.05, 0.1) is 23.7 Å². The summed E-state index contributed by atoms with van der Waals surface area (Å²) >= 11 is 1.46. The highest BCUT2D eigenvalue weighted by atomic mass is 32.2. The molecular weight excluding hydrogens is 446 g/mol. The molecule has 2 aromatic carbocycles. The third kappa shape index (κ3) is 5.15. The van der Waals surface area contributed by atoms with Gasteiger partial charge in [0.25, 0.3) is 0 Å². The molecule has 0 spiro atoms. The summed E-state index contributed by atoms with van der Waals surface area (Å²) in [7, 11) is 0. The largest absolute Gasteiger partial charge is 0.458 e. The summed E-state index contributed by atoms with van der Waals surface area (Å²) in [4.78, 5) is 32.5. The summed E-state index contributed by atoms with van der Waals surface area (Å²) in [5.41, 5.74) is 4.96. The lowest BCUT2D eigenvalue weighted by Gasteiger charge is -2.36. The van der Waals surface area contributed by atoms with Crippen LogP contribution in [0.5, 0.6) is 0 Å². The van der Waals surface area contributed by atoms with E-state index in [4.69, 9.17) is 4.74 Å². The Bertz CT molecular complexity index is 1180. The molecule has 2 aromatic rings. The fourth-order valence-electron chi connectivity index (χ4n) is 3.93. The maximum atomic E-state index is 13.1. The quantitative estimate of drug-likeness (QED) is 0.431. The number of amidine groups is 1. The van der Waals surface area contributed by atoms with Crippen LogP contribution in [0.15, 0.2) is 94.6 Å². The van der Waals surface area contributed by atoms with Gasteiger partial charge in [0.15, 0.2) is 5.17 Å². The van der Waals surface area contributed by atoms with Crippen molar-refractivity contribution in [3.8, 4) is 0 Å². The minimum absolute atomic E-state index is 0.0957. The summed E-state index contributed by atoms with van der Waals surface area (Å²) in [6.07, 6.45) is 1.72. The fraction of sp³-hybridized carbons (Fsp3) is 0.222. The lowest BCUT2D eigenvalue weighted by atomic mass is 9.93. The van der Waals surface area contributed by atoms with Crippen molar-refractivity contribution in [3.05, 3.63) is 106 Å². The first-order chi connectivity index (χ1) is 16.5. The van der Waals surface area contributed by atoms with Crippen molar-refractivity contribution >= 4 is 28.8 Å². The number of carbonyl (C=O) groups is 2. The molecular formula is C27H27N3O3S. The Morgan fingerprint density at radius 1 is 1.15 bits per heavy atom. The van der Waals surface area contributed by atoms with E-state index in [9.17, 15) is 9.59 Å². The summed E-state index contributed by atoms with van der Waals surface area (Å²) in [6.45, 7) is 8.05. The van der Waals surface area contributed by atoms with Crippen molar-refractivity contribution in [2.24, 2.45) is 4.99 Å². The molecule has 0 fully saturated rings. The van der Waals surface area contributed by atoms with Crippen LogP contribution in [0, 0.1) is 6.92 Å². The Labute approximate surface area is 204 Å². The normalized spacial score (nSPS) is 17.0. The molecule has 0 saturated carbocycles. The predicted molar refractivity (Wildman–Crippen MR) is 136 cm³/mol. The maximum absolute atomic E-state index is 13.1. The molecule has 1 amide bonds. The molecule has 6 nitrogen and oxygen atoms in total. The zero-order valence-electron chi connectivity index (χ0n) is 19.3. The van der Waals surface area contributed by atoms with Crippen molar-refractivity contribution in [3.63, 3.8) is 0 Å². The summed E-state index contributed by atoms with van der Waals surface area (Å²) in [5.74, 6) is -0.530. The van der Waals surface area contributed by atoms with Gasteiger partial charge in [0.1, 0.15) is 6.61 Å². The number of aryl methyl sites for hydroxylation is 1. The van der Waals surface area contributed by atoms with E-state index in [1.54, 1.807) is 6.08 Å². The summed E-state index contributed by atoms with van der Waals surface area (Å²) < 4.78 is 5.41. The smallest absolute Gasteiger partial charge is 0.338 e. The SMILES string of the molecule is C=CCOC(=O)C1=C(C)N=C2SC=C(CC(=O)NCc3ccccc3)N2C1c1ccc(C)cc1. The first-order valence-corrected chi connectivity index (χ1v) is 12.0. The average Bonchev–Trinajstić information content (AvgIpc) is 3.23. The number of allylic oxidation sites excluding steroid dienone is 1. The number of fused-ring (bicyclic) bond motifs is 1. The lowest BCUT2D eigenvalue weighted by Crippen LogP contribution is -2.38. The summed E-state index contributed by atoms with van der Waals surface area (Å²) in [6, 6.07) is 17.4. The molecule has 0 aromatic heterocycles. The first-order valence-electron chi connectivity index (χ1n) is 11.1. The van der Waals surface area contributed by atoms with Crippen LogP contribution in [0.1, 0.15) is 36.1 Å². The first kappa shape index (κ1) is 23.6. The lowest BCUT2D eigenvalue weighted by molar-refractivity contribution is -0.138. The van der Waals surface area contributed by atoms with Crippen LogP contribution >= 0.6 is 11.8 Å². The molecule has 0 radical (unpaired) electrons. The molecule has 34 heavy (non-hydrogen) atoms. The fourth-order valence-corrected chi connectivity index (χ4v) is 4.90. The predicted octanol–water partition coefficient (Wildman–Crippen LogP) is 5.01. The molecule has 4 rings (SSSR count). The van der Waals surface area contributed by atoms with E-state index < -0.39 is 12.0 Å². The van der Waals surface area contributed by atoms with E-state index in [1.165, 1.54) is 11.8 Å². The second kappa shape index (κ2) is 10.6. The van der Waals surface area contributed by atoms with Gasteiger partial charge in [-0.25, -0.2) is 9.79 Å². The van der Waals surface area contributed by atoms with Crippen LogP contribution in [0.4, 0.5) is 0 Å². The van der Waals surface area contributed by atoms with Gasteiger partial charge in [0.2, 0.25) is 5.91 Å². The number of ether oxygens (including phenoxy) is 1. The third-order valence-corrected chi connectivity index (χ3v) is 6.51. The van der Waals surface area contributed by atoms with Crippen LogP contribution in [0.2, 0.25) is 0 Å². The standard InChI is InChI=1S/C27H27N3O3S/c1-4-14-33-26(32)24-19(3)29-27-30(25(24)21-12-10-18(2)11-13-21)22(17-34-27)15-23(31)28-16-20-8-6-5-7-9-20/h4-13,17,25H,1,14-16H2,2-3H3,(H,28,31). The molecule has 7 heteroatoms. The molecule has 0 saturated heterocycles. The Balaban J connectivity index is 1.60. The Morgan fingerprint density at radius 3 is 2.59 bits per heavy atom. The summed E-state index contributed by atoms with van der Waals surface area (Å²) in [5, 5.41) is 5.67. The van der Waals surface area contributed by atoms with E-state index in [1.807, 2.05) is 78.8 Å². The molecule has 2 aliphatic heterocycles. The van der Waals surface area contributed by atoms with Crippen molar-refractivity contribution in [2.45, 2.75) is 32.9 Å². The second-order valence-electron chi connectivity index (χ2n) is 8.13. The monoisotopic (exact) mass is 473 g/mol. The van der Waals surface area contributed by atoms with Crippen molar-refractivity contribution < 1.29 is 14.3 Å². The number of nitrogens with one attached hydrogen (secondary N) is 1. The number of rotatable bonds is 8. The highest BCUT2D eigenvalue weighted by molar-refractivity contribution is 8.16. The van der Waals surface area contributed by atoms with Gasteiger partial charge < -0.3 is 15.0 Å². The highest BCUT2D eigenvalue weighted by Gasteiger charge is 2.41. The van der Waals surface area contributed by atoms with E-state index in [0.717, 1.165) is 27.6 Å². The molecule has 0 bridgehead atoms. The van der Waals surface area contributed by atoms with E-state index in [0.29, 0.717) is 17.8 Å². The van der Waals surface area contributed by atoms with Crippen LogP contribution in [0.25, 0.3) is 0 Å². The topological polar surface area (TPSA) is 71.0 Å². The van der Waals surface area contributed by atoms with Gasteiger partial charge in [0, 0.05) is 12.2 Å². The van der Waals surface area contributed by atoms with Crippen LogP contribution in [-0.4, -0.2) is 28.6 Å². The maximum Gasteiger partial charge on any atom is 0.338 e. The van der Waals surface area contributed by atoms with Gasteiger partial charge in [-0.2, -0.15) is 0 Å². The van der Waals surface area contributed by atoms with Gasteiger partial charge in [-0.05, 0) is 30.4 Å². The molecule has 1 atom stereocenters. The van der Waals surface area contributed by atoms with Gasteiger partial charge in [-0.15, -0.1) is 0 Å². The van der Waals surface area contributed by atoms with Gasteiger partial charge >= 0.3 is 5.97 Å². The third-order valence-electron chi connectivity index (χ3n) is 5.62. The number of amides is 1. The number of hydrogen-bond acceptors (Lipinski definition) is 6. The zero-order chi connectivity index (χ0) is 24.1. The number of hydrogen-bond donors (Lipinski definition) is 1. The second-order valence-corrected chi connectivity index (χ2v) is 8.97. The Morgan fingerprint density at radius 2 is 1.88 bits per heavy atom. The molecule has 174 valence electrons. The van der Waals surface area contributed by atoms with E-state index in [2.05, 4.69) is 16.9 Å². The number of benzene rings is 2. The molecule has 2 aliphatic rings. The highest BCUT2D eigenvalue weighted by Crippen LogP contribution is 2.44. The van der Waals surface area contributed by atoms with Crippen molar-refractivity contribution in [1.29, 1.82) is 0 Å². The van der Waals surface area contributed by atoms with Crippen molar-refractivity contribution in [2.75, 3.05) is 6.61 Å².